The molecule has 0 radical (unpaired) electrons. The normalized spacial score (nSPS) is 10.1. The molecular formula is C14H12FNO2. The predicted octanol–water partition coefficient (Wildman–Crippen LogP) is 2.65. The first-order valence-electron chi connectivity index (χ1n) is 5.35. The van der Waals surface area contributed by atoms with Crippen LogP contribution in [0.3, 0.4) is 0 Å². The Balaban J connectivity index is 2.48. The van der Waals surface area contributed by atoms with E-state index in [0.29, 0.717) is 17.0 Å². The second-order valence-electron chi connectivity index (χ2n) is 3.80. The van der Waals surface area contributed by atoms with Crippen LogP contribution in [0.1, 0.15) is 15.9 Å². The number of hydrogen-bond donors (Lipinski definition) is 1. The van der Waals surface area contributed by atoms with E-state index >= 15 is 0 Å². The van der Waals surface area contributed by atoms with Crippen LogP contribution in [0.4, 0.5) is 10.1 Å². The van der Waals surface area contributed by atoms with Crippen molar-refractivity contribution < 1.29 is 13.9 Å². The number of ketones is 1. The van der Waals surface area contributed by atoms with Crippen LogP contribution in [0.25, 0.3) is 0 Å². The smallest absolute Gasteiger partial charge is 0.196 e. The minimum Gasteiger partial charge on any atom is -0.496 e. The van der Waals surface area contributed by atoms with Crippen molar-refractivity contribution in [3.8, 4) is 5.75 Å². The second kappa shape index (κ2) is 4.87. The first-order chi connectivity index (χ1) is 8.61. The number of nitrogen functional groups attached to an aromatic ring is 1. The maximum Gasteiger partial charge on any atom is 0.196 e. The first-order valence-corrected chi connectivity index (χ1v) is 5.35. The Bertz CT molecular complexity index is 596. The van der Waals surface area contributed by atoms with Gasteiger partial charge in [-0.25, -0.2) is 4.39 Å². The van der Waals surface area contributed by atoms with Crippen molar-refractivity contribution in [3.05, 3.63) is 59.4 Å². The third-order valence-electron chi connectivity index (χ3n) is 2.55. The van der Waals surface area contributed by atoms with E-state index in [2.05, 4.69) is 0 Å². The first kappa shape index (κ1) is 12.1. The fourth-order valence-corrected chi connectivity index (χ4v) is 1.69. The molecule has 0 aromatic heterocycles. The van der Waals surface area contributed by atoms with Crippen molar-refractivity contribution in [2.24, 2.45) is 0 Å². The average Bonchev–Trinajstić information content (AvgIpc) is 2.38. The van der Waals surface area contributed by atoms with Crippen molar-refractivity contribution in [2.45, 2.75) is 0 Å². The van der Waals surface area contributed by atoms with Crippen LogP contribution < -0.4 is 10.5 Å². The number of carbonyl (C=O) groups excluding carboxylic acids is 1. The molecule has 4 heteroatoms. The Morgan fingerprint density at radius 1 is 1.22 bits per heavy atom. The van der Waals surface area contributed by atoms with Gasteiger partial charge in [0.05, 0.1) is 12.7 Å². The van der Waals surface area contributed by atoms with E-state index in [1.807, 2.05) is 0 Å². The molecule has 0 aliphatic carbocycles. The predicted molar refractivity (Wildman–Crippen MR) is 67.2 cm³/mol. The molecule has 0 spiro atoms. The summed E-state index contributed by atoms with van der Waals surface area (Å²) in [4.78, 5) is 12.2. The lowest BCUT2D eigenvalue weighted by molar-refractivity contribution is 0.103. The molecule has 0 saturated carbocycles. The fourth-order valence-electron chi connectivity index (χ4n) is 1.69. The maximum absolute atomic E-state index is 13.1. The zero-order chi connectivity index (χ0) is 13.1. The van der Waals surface area contributed by atoms with Crippen molar-refractivity contribution in [1.82, 2.24) is 0 Å². The molecule has 0 bridgehead atoms. The van der Waals surface area contributed by atoms with E-state index in [0.717, 1.165) is 0 Å². The summed E-state index contributed by atoms with van der Waals surface area (Å²) < 4.78 is 18.2. The molecule has 3 nitrogen and oxygen atoms in total. The van der Waals surface area contributed by atoms with E-state index in [1.165, 1.54) is 31.4 Å². The largest absolute Gasteiger partial charge is 0.496 e. The van der Waals surface area contributed by atoms with Gasteiger partial charge in [-0.1, -0.05) is 12.1 Å². The van der Waals surface area contributed by atoms with Crippen molar-refractivity contribution in [3.63, 3.8) is 0 Å². The average molecular weight is 245 g/mol. The zero-order valence-electron chi connectivity index (χ0n) is 9.81. The third kappa shape index (κ3) is 2.32. The molecule has 2 N–H and O–H groups in total. The van der Waals surface area contributed by atoms with E-state index in [-0.39, 0.29) is 11.3 Å². The van der Waals surface area contributed by atoms with Gasteiger partial charge in [0.25, 0.3) is 0 Å². The fraction of sp³-hybridized carbons (Fsp3) is 0.0714. The summed E-state index contributed by atoms with van der Waals surface area (Å²) in [7, 11) is 1.47. The Labute approximate surface area is 104 Å². The Morgan fingerprint density at radius 3 is 2.67 bits per heavy atom. The lowest BCUT2D eigenvalue weighted by atomic mass is 10.0. The Morgan fingerprint density at radius 2 is 2.00 bits per heavy atom. The van der Waals surface area contributed by atoms with Gasteiger partial charge in [0.1, 0.15) is 11.6 Å². The third-order valence-corrected chi connectivity index (χ3v) is 2.55. The Hall–Kier alpha value is -2.36. The number of methoxy groups -OCH3 is 1. The van der Waals surface area contributed by atoms with Gasteiger partial charge in [-0.2, -0.15) is 0 Å². The van der Waals surface area contributed by atoms with Gasteiger partial charge in [-0.15, -0.1) is 0 Å². The summed E-state index contributed by atoms with van der Waals surface area (Å²) >= 11 is 0. The second-order valence-corrected chi connectivity index (χ2v) is 3.80. The van der Waals surface area contributed by atoms with Gasteiger partial charge in [-0.3, -0.25) is 4.79 Å². The highest BCUT2D eigenvalue weighted by molar-refractivity contribution is 6.11. The number of ether oxygens (including phenoxy) is 1. The number of nitrogens with two attached hydrogens (primary N) is 1. The summed E-state index contributed by atoms with van der Waals surface area (Å²) in [5, 5.41) is 0. The summed E-state index contributed by atoms with van der Waals surface area (Å²) in [6, 6.07) is 10.3. The van der Waals surface area contributed by atoms with E-state index in [9.17, 15) is 9.18 Å². The van der Waals surface area contributed by atoms with Crippen LogP contribution >= 0.6 is 0 Å². The molecule has 0 heterocycles. The van der Waals surface area contributed by atoms with Crippen LogP contribution in [0.2, 0.25) is 0 Å². The number of hydrogen-bond acceptors (Lipinski definition) is 3. The molecule has 0 fully saturated rings. The molecular weight excluding hydrogens is 233 g/mol. The topological polar surface area (TPSA) is 52.3 Å². The van der Waals surface area contributed by atoms with Gasteiger partial charge < -0.3 is 10.5 Å². The van der Waals surface area contributed by atoms with Crippen LogP contribution in [-0.2, 0) is 0 Å². The van der Waals surface area contributed by atoms with Crippen molar-refractivity contribution in [1.29, 1.82) is 0 Å². The summed E-state index contributed by atoms with van der Waals surface area (Å²) in [5.74, 6) is -0.360. The van der Waals surface area contributed by atoms with Crippen LogP contribution in [-0.4, -0.2) is 12.9 Å². The molecule has 2 aromatic rings. The molecule has 18 heavy (non-hydrogen) atoms. The number of halogens is 1. The standard InChI is InChI=1S/C14H12FNO2/c1-18-13-6-5-11(16)8-12(13)14(17)9-3-2-4-10(15)7-9/h2-8H,16H2,1H3. The van der Waals surface area contributed by atoms with Crippen LogP contribution in [0.5, 0.6) is 5.75 Å². The summed E-state index contributed by atoms with van der Waals surface area (Å²) in [5.41, 5.74) is 6.69. The highest BCUT2D eigenvalue weighted by Gasteiger charge is 2.15. The number of anilines is 1. The minimum atomic E-state index is -0.455. The van der Waals surface area contributed by atoms with Gasteiger partial charge in [-0.05, 0) is 30.3 Å². The molecule has 2 rings (SSSR count). The maximum atomic E-state index is 13.1. The number of carbonyl (C=O) groups is 1. The van der Waals surface area contributed by atoms with Gasteiger partial charge in [0.2, 0.25) is 0 Å². The number of benzene rings is 2. The van der Waals surface area contributed by atoms with Crippen LogP contribution in [0.15, 0.2) is 42.5 Å². The summed E-state index contributed by atoms with van der Waals surface area (Å²) in [6.45, 7) is 0. The molecule has 0 amide bonds. The highest BCUT2D eigenvalue weighted by Crippen LogP contribution is 2.24. The molecule has 0 unspecified atom stereocenters. The van der Waals surface area contributed by atoms with E-state index < -0.39 is 5.82 Å². The summed E-state index contributed by atoms with van der Waals surface area (Å²) in [6.07, 6.45) is 0. The highest BCUT2D eigenvalue weighted by atomic mass is 19.1. The molecule has 92 valence electrons. The van der Waals surface area contributed by atoms with Gasteiger partial charge in [0.15, 0.2) is 5.78 Å². The van der Waals surface area contributed by atoms with E-state index in [4.69, 9.17) is 10.5 Å². The Kier molecular flexibility index (Phi) is 3.28. The van der Waals surface area contributed by atoms with Crippen molar-refractivity contribution >= 4 is 11.5 Å². The zero-order valence-corrected chi connectivity index (χ0v) is 9.81. The number of rotatable bonds is 3. The lowest BCUT2D eigenvalue weighted by Gasteiger charge is -2.08. The molecule has 0 saturated heterocycles. The SMILES string of the molecule is COc1ccc(N)cc1C(=O)c1cccc(F)c1. The molecule has 0 aliphatic rings. The lowest BCUT2D eigenvalue weighted by Crippen LogP contribution is -2.05. The quantitative estimate of drug-likeness (QED) is 0.668. The molecule has 0 aliphatic heterocycles. The monoisotopic (exact) mass is 245 g/mol. The van der Waals surface area contributed by atoms with Crippen molar-refractivity contribution in [2.75, 3.05) is 12.8 Å². The molecule has 2 aromatic carbocycles. The van der Waals surface area contributed by atoms with Gasteiger partial charge in [0, 0.05) is 11.3 Å². The molecule has 0 atom stereocenters. The van der Waals surface area contributed by atoms with Gasteiger partial charge >= 0.3 is 0 Å². The minimum absolute atomic E-state index is 0.263. The van der Waals surface area contributed by atoms with Crippen LogP contribution in [0, 0.1) is 5.82 Å². The van der Waals surface area contributed by atoms with E-state index in [1.54, 1.807) is 18.2 Å².